The van der Waals surface area contributed by atoms with E-state index in [9.17, 15) is 14.0 Å². The second-order valence-electron chi connectivity index (χ2n) is 5.40. The molecular formula is C17H16FN3O3S. The summed E-state index contributed by atoms with van der Waals surface area (Å²) in [7, 11) is 0. The zero-order valence-corrected chi connectivity index (χ0v) is 14.5. The van der Waals surface area contributed by atoms with Gasteiger partial charge in [0.15, 0.2) is 10.8 Å². The number of carbonyl (C=O) groups excluding carboxylic acids is 2. The number of fused-ring (bicyclic) bond motifs is 1. The van der Waals surface area contributed by atoms with Crippen molar-refractivity contribution in [2.45, 2.75) is 20.3 Å². The molecule has 1 amide bonds. The minimum atomic E-state index is -0.526. The summed E-state index contributed by atoms with van der Waals surface area (Å²) in [5.74, 6) is -1.17. The smallest absolute Gasteiger partial charge is 0.357 e. The van der Waals surface area contributed by atoms with Crippen LogP contribution < -0.4 is 5.32 Å². The Morgan fingerprint density at radius 3 is 2.96 bits per heavy atom. The van der Waals surface area contributed by atoms with Crippen LogP contribution in [0, 0.1) is 12.7 Å². The van der Waals surface area contributed by atoms with Crippen molar-refractivity contribution in [1.29, 1.82) is 0 Å². The summed E-state index contributed by atoms with van der Waals surface area (Å²) < 4.78 is 18.3. The number of nitrogens with zero attached hydrogens (tertiary/aromatic N) is 1. The third-order valence-electron chi connectivity index (χ3n) is 3.65. The fourth-order valence-corrected chi connectivity index (χ4v) is 3.23. The molecule has 0 radical (unpaired) electrons. The lowest BCUT2D eigenvalue weighted by atomic mass is 10.1. The van der Waals surface area contributed by atoms with E-state index in [1.807, 2.05) is 6.92 Å². The number of aromatic amines is 1. The van der Waals surface area contributed by atoms with Crippen molar-refractivity contribution in [3.05, 3.63) is 46.3 Å². The predicted molar refractivity (Wildman–Crippen MR) is 93.4 cm³/mol. The van der Waals surface area contributed by atoms with E-state index >= 15 is 0 Å². The van der Waals surface area contributed by atoms with Gasteiger partial charge < -0.3 is 15.0 Å². The number of H-pyrrole nitrogens is 1. The van der Waals surface area contributed by atoms with Gasteiger partial charge in [-0.05, 0) is 37.6 Å². The Labute approximate surface area is 147 Å². The monoisotopic (exact) mass is 361 g/mol. The van der Waals surface area contributed by atoms with Crippen LogP contribution in [0.3, 0.4) is 0 Å². The number of ether oxygens (including phenoxy) is 1. The number of halogens is 1. The summed E-state index contributed by atoms with van der Waals surface area (Å²) in [6.45, 7) is 3.80. The molecule has 0 unspecified atom stereocenters. The molecule has 3 rings (SSSR count). The highest BCUT2D eigenvalue weighted by Gasteiger charge is 2.16. The van der Waals surface area contributed by atoms with Gasteiger partial charge in [0.05, 0.1) is 13.0 Å². The Balaban J connectivity index is 1.74. The Morgan fingerprint density at radius 2 is 2.20 bits per heavy atom. The highest BCUT2D eigenvalue weighted by molar-refractivity contribution is 7.14. The molecule has 8 heteroatoms. The zero-order chi connectivity index (χ0) is 18.0. The minimum absolute atomic E-state index is 0.0730. The number of rotatable bonds is 5. The zero-order valence-electron chi connectivity index (χ0n) is 13.7. The normalized spacial score (nSPS) is 10.8. The molecule has 0 fully saturated rings. The van der Waals surface area contributed by atoms with Crippen LogP contribution in [-0.2, 0) is 16.0 Å². The van der Waals surface area contributed by atoms with E-state index < -0.39 is 5.97 Å². The van der Waals surface area contributed by atoms with Crippen molar-refractivity contribution in [2.75, 3.05) is 11.9 Å². The lowest BCUT2D eigenvalue weighted by Gasteiger charge is -2.03. The van der Waals surface area contributed by atoms with E-state index in [-0.39, 0.29) is 30.4 Å². The number of amides is 1. The molecule has 25 heavy (non-hydrogen) atoms. The van der Waals surface area contributed by atoms with Gasteiger partial charge in [-0.1, -0.05) is 0 Å². The van der Waals surface area contributed by atoms with Crippen molar-refractivity contribution in [1.82, 2.24) is 9.97 Å². The number of nitrogens with one attached hydrogen (secondary N) is 2. The molecule has 0 bridgehead atoms. The number of aryl methyl sites for hydroxylation is 1. The number of thiazole rings is 1. The van der Waals surface area contributed by atoms with Crippen LogP contribution in [-0.4, -0.2) is 28.5 Å². The molecule has 0 atom stereocenters. The second kappa shape index (κ2) is 7.02. The molecule has 2 N–H and O–H groups in total. The van der Waals surface area contributed by atoms with Crippen LogP contribution in [0.1, 0.15) is 28.7 Å². The van der Waals surface area contributed by atoms with Crippen LogP contribution >= 0.6 is 11.3 Å². The van der Waals surface area contributed by atoms with Gasteiger partial charge in [-0.2, -0.15) is 0 Å². The molecule has 0 saturated carbocycles. The standard InChI is InChI=1S/C17H16FN3O3S/c1-3-24-16(23)14-8-25-17(20-14)21-15(22)7-11-9(2)19-13-5-4-10(18)6-12(11)13/h4-6,8,19H,3,7H2,1-2H3,(H,20,21,22). The highest BCUT2D eigenvalue weighted by atomic mass is 32.1. The number of hydrogen-bond acceptors (Lipinski definition) is 5. The topological polar surface area (TPSA) is 84.1 Å². The first-order valence-corrected chi connectivity index (χ1v) is 8.55. The maximum Gasteiger partial charge on any atom is 0.357 e. The first-order chi connectivity index (χ1) is 12.0. The summed E-state index contributed by atoms with van der Waals surface area (Å²) >= 11 is 1.14. The van der Waals surface area contributed by atoms with E-state index in [1.54, 1.807) is 13.0 Å². The summed E-state index contributed by atoms with van der Waals surface area (Å²) in [5, 5.41) is 5.18. The van der Waals surface area contributed by atoms with Crippen LogP contribution in [0.15, 0.2) is 23.6 Å². The fraction of sp³-hybridized carbons (Fsp3) is 0.235. The molecule has 3 aromatic rings. The number of carbonyl (C=O) groups is 2. The molecule has 0 aliphatic rings. The Kier molecular flexibility index (Phi) is 4.80. The number of hydrogen-bond donors (Lipinski definition) is 2. The Bertz CT molecular complexity index is 948. The molecule has 130 valence electrons. The summed E-state index contributed by atoms with van der Waals surface area (Å²) in [6, 6.07) is 4.42. The molecule has 0 aliphatic carbocycles. The van der Waals surface area contributed by atoms with Gasteiger partial charge in [0, 0.05) is 22.0 Å². The van der Waals surface area contributed by atoms with Gasteiger partial charge in [0.1, 0.15) is 5.82 Å². The maximum atomic E-state index is 13.5. The SMILES string of the molecule is CCOC(=O)c1csc(NC(=O)Cc2c(C)[nH]c3ccc(F)cc23)n1. The van der Waals surface area contributed by atoms with E-state index in [4.69, 9.17) is 4.74 Å². The van der Waals surface area contributed by atoms with Crippen molar-refractivity contribution in [3.63, 3.8) is 0 Å². The quantitative estimate of drug-likeness (QED) is 0.682. The van der Waals surface area contributed by atoms with E-state index in [1.165, 1.54) is 17.5 Å². The minimum Gasteiger partial charge on any atom is -0.461 e. The third kappa shape index (κ3) is 3.69. The summed E-state index contributed by atoms with van der Waals surface area (Å²) in [5.41, 5.74) is 2.48. The number of benzene rings is 1. The first kappa shape index (κ1) is 17.1. The van der Waals surface area contributed by atoms with Crippen molar-refractivity contribution in [2.24, 2.45) is 0 Å². The molecule has 0 aliphatic heterocycles. The lowest BCUT2D eigenvalue weighted by Crippen LogP contribution is -2.15. The van der Waals surface area contributed by atoms with Gasteiger partial charge in [0.2, 0.25) is 5.91 Å². The number of esters is 1. The van der Waals surface area contributed by atoms with Crippen LogP contribution in [0.5, 0.6) is 0 Å². The molecule has 0 spiro atoms. The number of aromatic nitrogens is 2. The largest absolute Gasteiger partial charge is 0.461 e. The summed E-state index contributed by atoms with van der Waals surface area (Å²) in [4.78, 5) is 31.1. The van der Waals surface area contributed by atoms with Crippen molar-refractivity contribution >= 4 is 39.2 Å². The third-order valence-corrected chi connectivity index (χ3v) is 4.41. The Morgan fingerprint density at radius 1 is 1.40 bits per heavy atom. The number of anilines is 1. The molecule has 1 aromatic carbocycles. The van der Waals surface area contributed by atoms with Crippen LogP contribution in [0.4, 0.5) is 9.52 Å². The van der Waals surface area contributed by atoms with Crippen LogP contribution in [0.2, 0.25) is 0 Å². The molecule has 6 nitrogen and oxygen atoms in total. The average Bonchev–Trinajstić information content (AvgIpc) is 3.13. The average molecular weight is 361 g/mol. The predicted octanol–water partition coefficient (Wildman–Crippen LogP) is 3.43. The van der Waals surface area contributed by atoms with Gasteiger partial charge in [-0.3, -0.25) is 4.79 Å². The molecule has 2 aromatic heterocycles. The van der Waals surface area contributed by atoms with Crippen molar-refractivity contribution in [3.8, 4) is 0 Å². The van der Waals surface area contributed by atoms with Crippen LogP contribution in [0.25, 0.3) is 10.9 Å². The van der Waals surface area contributed by atoms with Crippen molar-refractivity contribution < 1.29 is 18.7 Å². The van der Waals surface area contributed by atoms with E-state index in [2.05, 4.69) is 15.3 Å². The maximum absolute atomic E-state index is 13.5. The Hall–Kier alpha value is -2.74. The van der Waals surface area contributed by atoms with Gasteiger partial charge >= 0.3 is 5.97 Å². The fourth-order valence-electron chi connectivity index (χ4n) is 2.54. The molecule has 0 saturated heterocycles. The van der Waals surface area contributed by atoms with Gasteiger partial charge in [0.25, 0.3) is 0 Å². The lowest BCUT2D eigenvalue weighted by molar-refractivity contribution is -0.115. The second-order valence-corrected chi connectivity index (χ2v) is 6.26. The highest BCUT2D eigenvalue weighted by Crippen LogP contribution is 2.24. The molecule has 2 heterocycles. The first-order valence-electron chi connectivity index (χ1n) is 7.67. The summed E-state index contributed by atoms with van der Waals surface area (Å²) in [6.07, 6.45) is 0.0730. The van der Waals surface area contributed by atoms with Gasteiger partial charge in [-0.15, -0.1) is 11.3 Å². The van der Waals surface area contributed by atoms with E-state index in [0.29, 0.717) is 10.5 Å². The molecular weight excluding hydrogens is 345 g/mol. The van der Waals surface area contributed by atoms with Gasteiger partial charge in [-0.25, -0.2) is 14.2 Å². The van der Waals surface area contributed by atoms with E-state index in [0.717, 1.165) is 28.1 Å².